The van der Waals surface area contributed by atoms with Gasteiger partial charge in [0.05, 0.1) is 0 Å². The maximum absolute atomic E-state index is 11.5. The van der Waals surface area contributed by atoms with Crippen LogP contribution in [0.15, 0.2) is 42.5 Å². The molecule has 2 heteroatoms. The van der Waals surface area contributed by atoms with E-state index in [1.54, 1.807) is 18.2 Å². The number of hydrogen-bond donors (Lipinski definition) is 0. The van der Waals surface area contributed by atoms with Crippen molar-refractivity contribution < 1.29 is 9.59 Å². The van der Waals surface area contributed by atoms with Crippen molar-refractivity contribution in [1.29, 1.82) is 0 Å². The lowest BCUT2D eigenvalue weighted by atomic mass is 10.1. The summed E-state index contributed by atoms with van der Waals surface area (Å²) in [6.45, 7) is 1.46. The molecular weight excluding hydrogens is 176 g/mol. The van der Waals surface area contributed by atoms with Crippen LogP contribution in [0.3, 0.4) is 0 Å². The summed E-state index contributed by atoms with van der Waals surface area (Å²) in [5, 5.41) is 0. The van der Waals surface area contributed by atoms with Gasteiger partial charge in [-0.3, -0.25) is 9.59 Å². The van der Waals surface area contributed by atoms with Gasteiger partial charge in [-0.1, -0.05) is 36.4 Å². The summed E-state index contributed by atoms with van der Waals surface area (Å²) in [6.07, 6.45) is 3.29. The van der Waals surface area contributed by atoms with E-state index in [1.807, 2.05) is 18.2 Å². The predicted octanol–water partition coefficient (Wildman–Crippen LogP) is 2.40. The molecule has 0 aliphatic carbocycles. The van der Waals surface area contributed by atoms with E-state index in [4.69, 9.17) is 0 Å². The Morgan fingerprint density at radius 1 is 1.21 bits per heavy atom. The van der Waals surface area contributed by atoms with Gasteiger partial charge in [-0.2, -0.15) is 0 Å². The van der Waals surface area contributed by atoms with E-state index in [0.717, 1.165) is 0 Å². The van der Waals surface area contributed by atoms with Crippen molar-refractivity contribution in [2.45, 2.75) is 13.3 Å². The Morgan fingerprint density at radius 2 is 1.86 bits per heavy atom. The second-order valence-electron chi connectivity index (χ2n) is 3.01. The maximum Gasteiger partial charge on any atom is 0.166 e. The van der Waals surface area contributed by atoms with Gasteiger partial charge in [0, 0.05) is 12.0 Å². The molecule has 0 aliphatic rings. The average Bonchev–Trinajstić information content (AvgIpc) is 2.18. The van der Waals surface area contributed by atoms with Gasteiger partial charge in [-0.25, -0.2) is 0 Å². The average molecular weight is 188 g/mol. The van der Waals surface area contributed by atoms with Gasteiger partial charge in [0.2, 0.25) is 0 Å². The molecule has 0 aromatic heterocycles. The Labute approximate surface area is 83.3 Å². The molecule has 1 rings (SSSR count). The van der Waals surface area contributed by atoms with Gasteiger partial charge in [0.15, 0.2) is 11.6 Å². The summed E-state index contributed by atoms with van der Waals surface area (Å²) >= 11 is 0. The molecule has 0 atom stereocenters. The van der Waals surface area contributed by atoms with Crippen LogP contribution >= 0.6 is 0 Å². The van der Waals surface area contributed by atoms with Gasteiger partial charge in [-0.05, 0) is 13.0 Å². The quantitative estimate of drug-likeness (QED) is 0.537. The monoisotopic (exact) mass is 188 g/mol. The van der Waals surface area contributed by atoms with Gasteiger partial charge in [-0.15, -0.1) is 0 Å². The Balaban J connectivity index is 2.56. The van der Waals surface area contributed by atoms with Crippen molar-refractivity contribution in [3.63, 3.8) is 0 Å². The predicted molar refractivity (Wildman–Crippen MR) is 55.2 cm³/mol. The van der Waals surface area contributed by atoms with Crippen LogP contribution < -0.4 is 0 Å². The molecule has 72 valence electrons. The standard InChI is InChI=1S/C12H12O2/c1-10(13)6-5-9-12(14)11-7-3-2-4-8-11/h2-8H,9H2,1H3/b6-5+. The second-order valence-corrected chi connectivity index (χ2v) is 3.01. The molecule has 0 amide bonds. The van der Waals surface area contributed by atoms with Crippen LogP contribution in [-0.2, 0) is 4.79 Å². The van der Waals surface area contributed by atoms with Crippen molar-refractivity contribution in [2.24, 2.45) is 0 Å². The Hall–Kier alpha value is -1.70. The number of allylic oxidation sites excluding steroid dienone is 2. The van der Waals surface area contributed by atoms with Crippen molar-refractivity contribution in [1.82, 2.24) is 0 Å². The zero-order valence-electron chi connectivity index (χ0n) is 8.07. The summed E-state index contributed by atoms with van der Waals surface area (Å²) in [5.74, 6) is -0.00559. The minimum Gasteiger partial charge on any atom is -0.295 e. The molecule has 1 aromatic carbocycles. The number of rotatable bonds is 4. The molecule has 0 N–H and O–H groups in total. The lowest BCUT2D eigenvalue weighted by Crippen LogP contribution is -1.96. The summed E-state index contributed by atoms with van der Waals surface area (Å²) in [7, 11) is 0. The van der Waals surface area contributed by atoms with E-state index in [-0.39, 0.29) is 18.0 Å². The van der Waals surface area contributed by atoms with Gasteiger partial charge in [0.1, 0.15) is 0 Å². The van der Waals surface area contributed by atoms with E-state index in [0.29, 0.717) is 5.56 Å². The summed E-state index contributed by atoms with van der Waals surface area (Å²) in [6, 6.07) is 9.04. The molecule has 0 saturated heterocycles. The fourth-order valence-electron chi connectivity index (χ4n) is 1.07. The summed E-state index contributed by atoms with van der Waals surface area (Å²) in [5.41, 5.74) is 0.681. The van der Waals surface area contributed by atoms with Gasteiger partial charge in [0.25, 0.3) is 0 Å². The van der Waals surface area contributed by atoms with E-state index in [2.05, 4.69) is 0 Å². The summed E-state index contributed by atoms with van der Waals surface area (Å²) in [4.78, 5) is 22.0. The third-order valence-corrected chi connectivity index (χ3v) is 1.75. The minimum atomic E-state index is -0.0362. The van der Waals surface area contributed by atoms with Crippen LogP contribution in [0.1, 0.15) is 23.7 Å². The zero-order chi connectivity index (χ0) is 10.4. The smallest absolute Gasteiger partial charge is 0.166 e. The number of carbonyl (C=O) groups excluding carboxylic acids is 2. The fourth-order valence-corrected chi connectivity index (χ4v) is 1.07. The molecule has 1 aromatic rings. The highest BCUT2D eigenvalue weighted by Crippen LogP contribution is 2.03. The van der Waals surface area contributed by atoms with Crippen LogP contribution in [0, 0.1) is 0 Å². The van der Waals surface area contributed by atoms with Gasteiger partial charge < -0.3 is 0 Å². The largest absolute Gasteiger partial charge is 0.295 e. The highest BCUT2D eigenvalue weighted by atomic mass is 16.1. The molecule has 0 heterocycles. The van der Waals surface area contributed by atoms with Gasteiger partial charge >= 0.3 is 0 Å². The van der Waals surface area contributed by atoms with E-state index in [1.165, 1.54) is 13.0 Å². The van der Waals surface area contributed by atoms with Crippen LogP contribution in [0.4, 0.5) is 0 Å². The molecule has 14 heavy (non-hydrogen) atoms. The molecule has 0 fully saturated rings. The number of carbonyl (C=O) groups is 2. The first kappa shape index (κ1) is 10.4. The van der Waals surface area contributed by atoms with E-state index >= 15 is 0 Å². The first-order valence-corrected chi connectivity index (χ1v) is 4.45. The van der Waals surface area contributed by atoms with Crippen LogP contribution in [0.5, 0.6) is 0 Å². The minimum absolute atomic E-state index is 0.0306. The molecule has 0 spiro atoms. The van der Waals surface area contributed by atoms with E-state index in [9.17, 15) is 9.59 Å². The van der Waals surface area contributed by atoms with E-state index < -0.39 is 0 Å². The molecule has 0 aliphatic heterocycles. The van der Waals surface area contributed by atoms with Crippen molar-refractivity contribution in [3.05, 3.63) is 48.0 Å². The Kier molecular flexibility index (Phi) is 3.80. The molecule has 2 nitrogen and oxygen atoms in total. The van der Waals surface area contributed by atoms with Crippen LogP contribution in [-0.4, -0.2) is 11.6 Å². The molecule has 0 unspecified atom stereocenters. The number of Topliss-reactive ketones (excluding diaryl/α,β-unsaturated/α-hetero) is 1. The number of ketones is 2. The Morgan fingerprint density at radius 3 is 2.43 bits per heavy atom. The highest BCUT2D eigenvalue weighted by molar-refractivity contribution is 5.97. The lowest BCUT2D eigenvalue weighted by molar-refractivity contribution is -0.112. The first-order valence-electron chi connectivity index (χ1n) is 4.45. The second kappa shape index (κ2) is 5.12. The Bertz CT molecular complexity index is 350. The highest BCUT2D eigenvalue weighted by Gasteiger charge is 2.01. The maximum atomic E-state index is 11.5. The van der Waals surface area contributed by atoms with Crippen molar-refractivity contribution in [2.75, 3.05) is 0 Å². The number of hydrogen-bond acceptors (Lipinski definition) is 2. The van der Waals surface area contributed by atoms with Crippen LogP contribution in [0.25, 0.3) is 0 Å². The lowest BCUT2D eigenvalue weighted by Gasteiger charge is -1.95. The van der Waals surface area contributed by atoms with Crippen molar-refractivity contribution >= 4 is 11.6 Å². The molecular formula is C12H12O2. The zero-order valence-corrected chi connectivity index (χ0v) is 8.07. The molecule has 0 bridgehead atoms. The molecule has 0 radical (unpaired) electrons. The van der Waals surface area contributed by atoms with Crippen molar-refractivity contribution in [3.8, 4) is 0 Å². The normalized spacial score (nSPS) is 10.4. The summed E-state index contributed by atoms with van der Waals surface area (Å²) < 4.78 is 0. The first-order chi connectivity index (χ1) is 6.70. The fraction of sp³-hybridized carbons (Fsp3) is 0.167. The molecule has 0 saturated carbocycles. The topological polar surface area (TPSA) is 34.1 Å². The third kappa shape index (κ3) is 3.35. The number of benzene rings is 1. The third-order valence-electron chi connectivity index (χ3n) is 1.75. The SMILES string of the molecule is CC(=O)/C=C/CC(=O)c1ccccc1. The van der Waals surface area contributed by atoms with Crippen LogP contribution in [0.2, 0.25) is 0 Å².